The summed E-state index contributed by atoms with van der Waals surface area (Å²) in [6.45, 7) is 2.03. The van der Waals surface area contributed by atoms with Gasteiger partial charge in [-0.15, -0.1) is 0 Å². The summed E-state index contributed by atoms with van der Waals surface area (Å²) in [4.78, 5) is 28.0. The largest absolute Gasteiger partial charge is 0.349 e. The molecule has 5 nitrogen and oxygen atoms in total. The molecule has 1 unspecified atom stereocenters. The molecule has 1 aromatic carbocycles. The van der Waals surface area contributed by atoms with E-state index in [-0.39, 0.29) is 17.9 Å². The Morgan fingerprint density at radius 2 is 1.88 bits per heavy atom. The number of hydrogen-bond donors (Lipinski definition) is 1. The van der Waals surface area contributed by atoms with Crippen LogP contribution in [-0.2, 0) is 11.2 Å². The Hall–Kier alpha value is -2.04. The van der Waals surface area contributed by atoms with Crippen molar-refractivity contribution >= 4 is 11.9 Å². The van der Waals surface area contributed by atoms with Crippen LogP contribution in [0.1, 0.15) is 42.7 Å². The van der Waals surface area contributed by atoms with Crippen LogP contribution in [0.5, 0.6) is 0 Å². The molecule has 3 amide bonds. The number of nitrogens with one attached hydrogen (secondary N) is 1. The van der Waals surface area contributed by atoms with Crippen molar-refractivity contribution in [3.05, 3.63) is 35.4 Å². The third kappa shape index (κ3) is 4.14. The number of amides is 3. The highest BCUT2D eigenvalue weighted by Crippen LogP contribution is 2.30. The van der Waals surface area contributed by atoms with Crippen LogP contribution in [0.4, 0.5) is 4.79 Å². The second kappa shape index (κ2) is 7.89. The maximum absolute atomic E-state index is 12.5. The van der Waals surface area contributed by atoms with E-state index < -0.39 is 0 Å². The summed E-state index contributed by atoms with van der Waals surface area (Å²) in [5.74, 6) is 0.657. The topological polar surface area (TPSA) is 52.7 Å². The first kappa shape index (κ1) is 17.8. The summed E-state index contributed by atoms with van der Waals surface area (Å²) in [5.41, 5.74) is 2.82. The molecule has 1 aliphatic heterocycles. The SMILES string of the molecule is CN(C)C(=O)C1CCN(C(=O)NCC2CCCc3ccccc32)CC1. The molecule has 1 N–H and O–H groups in total. The van der Waals surface area contributed by atoms with E-state index in [1.807, 2.05) is 4.90 Å². The van der Waals surface area contributed by atoms with Gasteiger partial charge in [-0.05, 0) is 43.2 Å². The summed E-state index contributed by atoms with van der Waals surface area (Å²) >= 11 is 0. The van der Waals surface area contributed by atoms with E-state index >= 15 is 0 Å². The predicted octanol–water partition coefficient (Wildman–Crippen LogP) is 2.62. The first-order valence-electron chi connectivity index (χ1n) is 9.38. The molecule has 0 radical (unpaired) electrons. The van der Waals surface area contributed by atoms with E-state index in [4.69, 9.17) is 0 Å². The number of rotatable bonds is 3. The fourth-order valence-electron chi connectivity index (χ4n) is 4.08. The van der Waals surface area contributed by atoms with Crippen LogP contribution in [0.2, 0.25) is 0 Å². The second-order valence-electron chi connectivity index (χ2n) is 7.47. The molecule has 1 heterocycles. The van der Waals surface area contributed by atoms with Crippen molar-refractivity contribution in [2.45, 2.75) is 38.0 Å². The Labute approximate surface area is 150 Å². The number of benzene rings is 1. The minimum Gasteiger partial charge on any atom is -0.349 e. The molecule has 0 saturated carbocycles. The van der Waals surface area contributed by atoms with Gasteiger partial charge in [-0.3, -0.25) is 4.79 Å². The summed E-state index contributed by atoms with van der Waals surface area (Å²) in [6, 6.07) is 8.60. The molecule has 3 rings (SSSR count). The van der Waals surface area contributed by atoms with Gasteiger partial charge >= 0.3 is 6.03 Å². The quantitative estimate of drug-likeness (QED) is 0.917. The number of hydrogen-bond acceptors (Lipinski definition) is 2. The lowest BCUT2D eigenvalue weighted by atomic mass is 9.83. The van der Waals surface area contributed by atoms with Crippen LogP contribution in [0.15, 0.2) is 24.3 Å². The van der Waals surface area contributed by atoms with Crippen molar-refractivity contribution in [1.29, 1.82) is 0 Å². The van der Waals surface area contributed by atoms with E-state index in [1.165, 1.54) is 17.5 Å². The summed E-state index contributed by atoms with van der Waals surface area (Å²) in [6.07, 6.45) is 4.99. The van der Waals surface area contributed by atoms with E-state index in [1.54, 1.807) is 19.0 Å². The van der Waals surface area contributed by atoms with E-state index in [0.29, 0.717) is 25.6 Å². The number of urea groups is 1. The molecule has 1 saturated heterocycles. The Balaban J connectivity index is 1.49. The van der Waals surface area contributed by atoms with Crippen molar-refractivity contribution in [2.75, 3.05) is 33.7 Å². The number of aryl methyl sites for hydroxylation is 1. The van der Waals surface area contributed by atoms with Crippen LogP contribution >= 0.6 is 0 Å². The third-order valence-electron chi connectivity index (χ3n) is 5.57. The van der Waals surface area contributed by atoms with Gasteiger partial charge in [0.1, 0.15) is 0 Å². The average Bonchev–Trinajstić information content (AvgIpc) is 2.65. The molecule has 0 aromatic heterocycles. The lowest BCUT2D eigenvalue weighted by molar-refractivity contribution is -0.134. The van der Waals surface area contributed by atoms with Crippen molar-refractivity contribution in [1.82, 2.24) is 15.1 Å². The maximum atomic E-state index is 12.5. The number of nitrogens with zero attached hydrogens (tertiary/aromatic N) is 2. The Morgan fingerprint density at radius 1 is 1.16 bits per heavy atom. The number of likely N-dealkylation sites (tertiary alicyclic amines) is 1. The summed E-state index contributed by atoms with van der Waals surface area (Å²) in [7, 11) is 3.59. The smallest absolute Gasteiger partial charge is 0.317 e. The van der Waals surface area contributed by atoms with E-state index in [2.05, 4.69) is 29.6 Å². The lowest BCUT2D eigenvalue weighted by Gasteiger charge is -2.33. The minimum atomic E-state index is 0.0128. The van der Waals surface area contributed by atoms with Gasteiger partial charge in [0, 0.05) is 45.6 Å². The molecular weight excluding hydrogens is 314 g/mol. The zero-order valence-corrected chi connectivity index (χ0v) is 15.3. The molecular formula is C20H29N3O2. The molecule has 2 aliphatic rings. The van der Waals surface area contributed by atoms with Gasteiger partial charge < -0.3 is 15.1 Å². The molecule has 1 atom stereocenters. The monoisotopic (exact) mass is 343 g/mol. The molecule has 0 bridgehead atoms. The van der Waals surface area contributed by atoms with Gasteiger partial charge in [0.15, 0.2) is 0 Å². The van der Waals surface area contributed by atoms with Crippen LogP contribution in [0, 0.1) is 5.92 Å². The van der Waals surface area contributed by atoms with Gasteiger partial charge in [-0.1, -0.05) is 24.3 Å². The maximum Gasteiger partial charge on any atom is 0.317 e. The van der Waals surface area contributed by atoms with Crippen molar-refractivity contribution < 1.29 is 9.59 Å². The fraction of sp³-hybridized carbons (Fsp3) is 0.600. The van der Waals surface area contributed by atoms with Crippen LogP contribution in [0.25, 0.3) is 0 Å². The standard InChI is InChI=1S/C20H29N3O2/c1-22(2)19(24)16-10-12-23(13-11-16)20(25)21-14-17-8-5-7-15-6-3-4-9-18(15)17/h3-4,6,9,16-17H,5,7-8,10-14H2,1-2H3,(H,21,25). The normalized spacial score (nSPS) is 20.7. The van der Waals surface area contributed by atoms with Gasteiger partial charge in [-0.2, -0.15) is 0 Å². The Bertz CT molecular complexity index is 621. The summed E-state index contributed by atoms with van der Waals surface area (Å²) < 4.78 is 0. The molecule has 1 aliphatic carbocycles. The van der Waals surface area contributed by atoms with Crippen LogP contribution in [0.3, 0.4) is 0 Å². The second-order valence-corrected chi connectivity index (χ2v) is 7.47. The van der Waals surface area contributed by atoms with Crippen molar-refractivity contribution in [3.63, 3.8) is 0 Å². The molecule has 0 spiro atoms. The van der Waals surface area contributed by atoms with Crippen LogP contribution in [-0.4, -0.2) is 55.5 Å². The molecule has 1 aromatic rings. The van der Waals surface area contributed by atoms with Gasteiger partial charge in [-0.25, -0.2) is 4.79 Å². The number of piperidine rings is 1. The zero-order chi connectivity index (χ0) is 17.8. The third-order valence-corrected chi connectivity index (χ3v) is 5.57. The first-order valence-corrected chi connectivity index (χ1v) is 9.38. The first-order chi connectivity index (χ1) is 12.1. The Kier molecular flexibility index (Phi) is 5.61. The average molecular weight is 343 g/mol. The van der Waals surface area contributed by atoms with Crippen molar-refractivity contribution in [3.8, 4) is 0 Å². The number of fused-ring (bicyclic) bond motifs is 1. The molecule has 25 heavy (non-hydrogen) atoms. The lowest BCUT2D eigenvalue weighted by Crippen LogP contribution is -2.47. The zero-order valence-electron chi connectivity index (χ0n) is 15.3. The van der Waals surface area contributed by atoms with Gasteiger partial charge in [0.2, 0.25) is 5.91 Å². The Morgan fingerprint density at radius 3 is 2.60 bits per heavy atom. The van der Waals surface area contributed by atoms with Gasteiger partial charge in [0.05, 0.1) is 0 Å². The fourth-order valence-corrected chi connectivity index (χ4v) is 4.08. The predicted molar refractivity (Wildman–Crippen MR) is 98.5 cm³/mol. The van der Waals surface area contributed by atoms with E-state index in [0.717, 1.165) is 25.7 Å². The molecule has 1 fully saturated rings. The minimum absolute atomic E-state index is 0.0128. The van der Waals surface area contributed by atoms with Crippen molar-refractivity contribution in [2.24, 2.45) is 5.92 Å². The summed E-state index contributed by atoms with van der Waals surface area (Å²) in [5, 5.41) is 3.12. The van der Waals surface area contributed by atoms with E-state index in [9.17, 15) is 9.59 Å². The number of carbonyl (C=O) groups excluding carboxylic acids is 2. The number of carbonyl (C=O) groups is 2. The van der Waals surface area contributed by atoms with Crippen LogP contribution < -0.4 is 5.32 Å². The molecule has 136 valence electrons. The highest BCUT2D eigenvalue weighted by molar-refractivity contribution is 5.79. The molecule has 5 heteroatoms. The highest BCUT2D eigenvalue weighted by Gasteiger charge is 2.28. The highest BCUT2D eigenvalue weighted by atomic mass is 16.2. The van der Waals surface area contributed by atoms with Gasteiger partial charge in [0.25, 0.3) is 0 Å².